The van der Waals surface area contributed by atoms with E-state index in [1.807, 2.05) is 17.8 Å². The van der Waals surface area contributed by atoms with Crippen molar-refractivity contribution >= 4 is 34.4 Å². The second-order valence-corrected chi connectivity index (χ2v) is 7.63. The number of aliphatic hydroxyl groups excluding tert-OH is 1. The fourth-order valence-corrected chi connectivity index (χ4v) is 5.25. The van der Waals surface area contributed by atoms with Gasteiger partial charge in [0.1, 0.15) is 6.10 Å². The molecule has 1 aliphatic rings. The molecule has 0 aromatic carbocycles. The maximum Gasteiger partial charge on any atom is 0.114 e. The molecule has 1 aliphatic heterocycles. The van der Waals surface area contributed by atoms with Gasteiger partial charge in [0.2, 0.25) is 0 Å². The lowest BCUT2D eigenvalue weighted by molar-refractivity contribution is 0.224. The summed E-state index contributed by atoms with van der Waals surface area (Å²) in [7, 11) is 0. The van der Waals surface area contributed by atoms with E-state index in [2.05, 4.69) is 18.4 Å². The number of aryl methyl sites for hydroxylation is 2. The summed E-state index contributed by atoms with van der Waals surface area (Å²) >= 11 is 5.48. The first kappa shape index (κ1) is 11.8. The highest BCUT2D eigenvalue weighted by Crippen LogP contribution is 2.37. The summed E-state index contributed by atoms with van der Waals surface area (Å²) < 4.78 is 0. The lowest BCUT2D eigenvalue weighted by atomic mass is 10.1. The van der Waals surface area contributed by atoms with Crippen molar-refractivity contribution in [1.82, 2.24) is 0 Å². The van der Waals surface area contributed by atoms with Gasteiger partial charge in [-0.3, -0.25) is 0 Å². The van der Waals surface area contributed by atoms with Gasteiger partial charge in [0, 0.05) is 20.4 Å². The molecule has 0 saturated heterocycles. The fourth-order valence-electron chi connectivity index (χ4n) is 2.14. The Morgan fingerprint density at radius 3 is 3.00 bits per heavy atom. The van der Waals surface area contributed by atoms with Gasteiger partial charge in [-0.2, -0.15) is 11.8 Å². The first-order chi connectivity index (χ1) is 8.25. The summed E-state index contributed by atoms with van der Waals surface area (Å²) in [5.74, 6) is 2.34. The van der Waals surface area contributed by atoms with E-state index in [0.29, 0.717) is 0 Å². The second kappa shape index (κ2) is 4.76. The Bertz CT molecular complexity index is 503. The Morgan fingerprint density at radius 2 is 2.29 bits per heavy atom. The number of rotatable bonds is 2. The van der Waals surface area contributed by atoms with Gasteiger partial charge in [-0.25, -0.2) is 0 Å². The van der Waals surface area contributed by atoms with E-state index < -0.39 is 6.10 Å². The number of thioether (sulfide) groups is 1. The van der Waals surface area contributed by atoms with Crippen LogP contribution in [0.25, 0.3) is 0 Å². The standard InChI is InChI=1S/C13H14OS3/c1-8-10(2-5-16-8)13(14)12-6-9-7-15-4-3-11(9)17-12/h2,5-6,13-14H,3-4,7H2,1H3. The van der Waals surface area contributed by atoms with Crippen LogP contribution in [0.3, 0.4) is 0 Å². The van der Waals surface area contributed by atoms with Gasteiger partial charge in [0.05, 0.1) is 0 Å². The van der Waals surface area contributed by atoms with Crippen molar-refractivity contribution in [3.05, 3.63) is 43.3 Å². The predicted molar refractivity (Wildman–Crippen MR) is 77.3 cm³/mol. The van der Waals surface area contributed by atoms with E-state index in [4.69, 9.17) is 0 Å². The Kier molecular flexibility index (Phi) is 3.30. The molecule has 90 valence electrons. The SMILES string of the molecule is Cc1sccc1C(O)c1cc2c(s1)CCSC2. The number of hydrogen-bond donors (Lipinski definition) is 1. The van der Waals surface area contributed by atoms with Crippen molar-refractivity contribution in [1.29, 1.82) is 0 Å². The smallest absolute Gasteiger partial charge is 0.114 e. The molecule has 0 aliphatic carbocycles. The molecule has 0 bridgehead atoms. The normalized spacial score (nSPS) is 16.8. The Hall–Kier alpha value is -0.290. The topological polar surface area (TPSA) is 20.2 Å². The molecule has 1 N–H and O–H groups in total. The van der Waals surface area contributed by atoms with Gasteiger partial charge in [-0.1, -0.05) is 0 Å². The van der Waals surface area contributed by atoms with Crippen LogP contribution in [0.4, 0.5) is 0 Å². The number of fused-ring (bicyclic) bond motifs is 1. The minimum absolute atomic E-state index is 0.429. The predicted octanol–water partition coefficient (Wildman–Crippen LogP) is 3.99. The molecular formula is C13H14OS3. The largest absolute Gasteiger partial charge is 0.383 e. The molecule has 1 nitrogen and oxygen atoms in total. The van der Waals surface area contributed by atoms with E-state index in [9.17, 15) is 5.11 Å². The number of aliphatic hydroxyl groups is 1. The molecule has 4 heteroatoms. The van der Waals surface area contributed by atoms with Crippen molar-refractivity contribution in [3.63, 3.8) is 0 Å². The summed E-state index contributed by atoms with van der Waals surface area (Å²) in [5, 5.41) is 12.5. The quantitative estimate of drug-likeness (QED) is 0.899. The average molecular weight is 282 g/mol. The van der Waals surface area contributed by atoms with Gasteiger partial charge in [0.15, 0.2) is 0 Å². The summed E-state index contributed by atoms with van der Waals surface area (Å²) in [6.45, 7) is 2.08. The molecular weight excluding hydrogens is 268 g/mol. The van der Waals surface area contributed by atoms with Crippen LogP contribution in [0.15, 0.2) is 17.5 Å². The highest BCUT2D eigenvalue weighted by Gasteiger charge is 2.20. The molecule has 3 heterocycles. The number of hydrogen-bond acceptors (Lipinski definition) is 4. The summed E-state index contributed by atoms with van der Waals surface area (Å²) in [6.07, 6.45) is 0.738. The lowest BCUT2D eigenvalue weighted by Gasteiger charge is -2.08. The van der Waals surface area contributed by atoms with Gasteiger partial charge < -0.3 is 5.11 Å². The highest BCUT2D eigenvalue weighted by molar-refractivity contribution is 7.98. The minimum Gasteiger partial charge on any atom is -0.383 e. The highest BCUT2D eigenvalue weighted by atomic mass is 32.2. The molecule has 2 aromatic rings. The van der Waals surface area contributed by atoms with Gasteiger partial charge in [0.25, 0.3) is 0 Å². The van der Waals surface area contributed by atoms with E-state index in [0.717, 1.165) is 16.2 Å². The third kappa shape index (κ3) is 2.19. The Labute approximate surface area is 114 Å². The van der Waals surface area contributed by atoms with Crippen LogP contribution < -0.4 is 0 Å². The lowest BCUT2D eigenvalue weighted by Crippen LogP contribution is -1.97. The summed E-state index contributed by atoms with van der Waals surface area (Å²) in [4.78, 5) is 3.81. The zero-order chi connectivity index (χ0) is 11.8. The third-order valence-corrected chi connectivity index (χ3v) is 6.27. The molecule has 1 atom stereocenters. The average Bonchev–Trinajstić information content (AvgIpc) is 2.93. The Morgan fingerprint density at radius 1 is 1.41 bits per heavy atom. The van der Waals surface area contributed by atoms with Crippen LogP contribution in [-0.2, 0) is 12.2 Å². The minimum atomic E-state index is -0.429. The van der Waals surface area contributed by atoms with E-state index in [1.54, 1.807) is 22.7 Å². The molecule has 0 amide bonds. The third-order valence-electron chi connectivity index (χ3n) is 3.11. The van der Waals surface area contributed by atoms with Crippen molar-refractivity contribution < 1.29 is 5.11 Å². The molecule has 2 aromatic heterocycles. The van der Waals surface area contributed by atoms with E-state index >= 15 is 0 Å². The molecule has 1 unspecified atom stereocenters. The van der Waals surface area contributed by atoms with Crippen molar-refractivity contribution in [2.75, 3.05) is 5.75 Å². The van der Waals surface area contributed by atoms with Crippen LogP contribution >= 0.6 is 34.4 Å². The molecule has 0 spiro atoms. The van der Waals surface area contributed by atoms with Crippen LogP contribution in [0.5, 0.6) is 0 Å². The summed E-state index contributed by atoms with van der Waals surface area (Å²) in [5.41, 5.74) is 2.51. The van der Waals surface area contributed by atoms with Crippen LogP contribution in [0, 0.1) is 6.92 Å². The fraction of sp³-hybridized carbons (Fsp3) is 0.385. The maximum atomic E-state index is 10.4. The number of thiophene rings is 2. The van der Waals surface area contributed by atoms with Crippen LogP contribution in [0.2, 0.25) is 0 Å². The monoisotopic (exact) mass is 282 g/mol. The summed E-state index contributed by atoms with van der Waals surface area (Å²) in [6, 6.07) is 4.24. The zero-order valence-corrected chi connectivity index (χ0v) is 12.1. The molecule has 3 rings (SSSR count). The van der Waals surface area contributed by atoms with Crippen LogP contribution in [0.1, 0.15) is 31.9 Å². The maximum absolute atomic E-state index is 10.4. The van der Waals surface area contributed by atoms with Gasteiger partial charge in [-0.15, -0.1) is 22.7 Å². The molecule has 17 heavy (non-hydrogen) atoms. The van der Waals surface area contributed by atoms with Crippen molar-refractivity contribution in [3.8, 4) is 0 Å². The zero-order valence-electron chi connectivity index (χ0n) is 9.60. The first-order valence-corrected chi connectivity index (χ1v) is 8.52. The molecule has 0 fully saturated rings. The van der Waals surface area contributed by atoms with Crippen molar-refractivity contribution in [2.45, 2.75) is 25.2 Å². The van der Waals surface area contributed by atoms with Gasteiger partial charge >= 0.3 is 0 Å². The van der Waals surface area contributed by atoms with E-state index in [-0.39, 0.29) is 0 Å². The Balaban J connectivity index is 1.94. The molecule has 0 saturated carbocycles. The van der Waals surface area contributed by atoms with E-state index in [1.165, 1.54) is 27.5 Å². The van der Waals surface area contributed by atoms with Crippen LogP contribution in [-0.4, -0.2) is 10.9 Å². The molecule has 0 radical (unpaired) electrons. The van der Waals surface area contributed by atoms with Crippen molar-refractivity contribution in [2.24, 2.45) is 0 Å². The first-order valence-electron chi connectivity index (χ1n) is 5.67. The van der Waals surface area contributed by atoms with Gasteiger partial charge in [-0.05, 0) is 47.7 Å². The second-order valence-electron chi connectivity index (χ2n) is 4.23.